The number of nitrogens with one attached hydrogen (secondary N) is 1. The second kappa shape index (κ2) is 4.73. The van der Waals surface area contributed by atoms with Crippen molar-refractivity contribution in [3.05, 3.63) is 19.6 Å². The van der Waals surface area contributed by atoms with Gasteiger partial charge in [-0.3, -0.25) is 9.78 Å². The molecule has 1 heterocycles. The molecule has 1 saturated carbocycles. The minimum atomic E-state index is -0.0128. The third-order valence-corrected chi connectivity index (χ3v) is 4.08. The van der Waals surface area contributed by atoms with Crippen LogP contribution >= 0.6 is 22.6 Å². The minimum Gasteiger partial charge on any atom is -0.348 e. The number of H-pyrrole nitrogens is 1. The highest BCUT2D eigenvalue weighted by Gasteiger charge is 2.23. The Kier molecular flexibility index (Phi) is 3.51. The van der Waals surface area contributed by atoms with E-state index in [9.17, 15) is 4.79 Å². The lowest BCUT2D eigenvalue weighted by atomic mass is 10.0. The molecule has 0 aliphatic heterocycles. The molecule has 1 aliphatic rings. The third kappa shape index (κ3) is 2.23. The maximum absolute atomic E-state index is 11.8. The molecule has 1 aliphatic carbocycles. The van der Waals surface area contributed by atoms with Gasteiger partial charge in [0.2, 0.25) is 5.95 Å². The van der Waals surface area contributed by atoms with Gasteiger partial charge in [0.1, 0.15) is 3.57 Å². The highest BCUT2D eigenvalue weighted by molar-refractivity contribution is 14.1. The Balaban J connectivity index is 2.46. The van der Waals surface area contributed by atoms with Gasteiger partial charge in [0, 0.05) is 20.0 Å². The molecule has 0 atom stereocenters. The van der Waals surface area contributed by atoms with Gasteiger partial charge in [0.05, 0.1) is 5.69 Å². The molecule has 0 radical (unpaired) electrons. The Morgan fingerprint density at radius 3 is 2.56 bits per heavy atom. The van der Waals surface area contributed by atoms with Crippen LogP contribution in [0.1, 0.15) is 37.3 Å². The SMILES string of the molecule is CN(C)c1nc(C2CCCC2)c(I)c(=O)[nH]1. The zero-order valence-electron chi connectivity index (χ0n) is 9.59. The molecule has 0 aromatic carbocycles. The Bertz CT molecular complexity index is 435. The molecular weight excluding hydrogens is 317 g/mol. The van der Waals surface area contributed by atoms with Crippen molar-refractivity contribution < 1.29 is 0 Å². The van der Waals surface area contributed by atoms with Crippen LogP contribution in [0, 0.1) is 3.57 Å². The maximum atomic E-state index is 11.8. The second-order valence-electron chi connectivity index (χ2n) is 4.46. The van der Waals surface area contributed by atoms with Gasteiger partial charge < -0.3 is 4.90 Å². The zero-order chi connectivity index (χ0) is 11.7. The number of aromatic nitrogens is 2. The molecule has 5 heteroatoms. The van der Waals surface area contributed by atoms with Crippen LogP contribution in [0.5, 0.6) is 0 Å². The fourth-order valence-corrected chi connectivity index (χ4v) is 2.84. The summed E-state index contributed by atoms with van der Waals surface area (Å²) in [6, 6.07) is 0. The normalized spacial score (nSPS) is 16.7. The summed E-state index contributed by atoms with van der Waals surface area (Å²) in [7, 11) is 3.78. The van der Waals surface area contributed by atoms with E-state index in [1.807, 2.05) is 19.0 Å². The molecule has 0 saturated heterocycles. The van der Waals surface area contributed by atoms with Crippen LogP contribution in [-0.4, -0.2) is 24.1 Å². The molecule has 16 heavy (non-hydrogen) atoms. The lowest BCUT2D eigenvalue weighted by molar-refractivity contribution is 0.684. The molecule has 4 nitrogen and oxygen atoms in total. The van der Waals surface area contributed by atoms with E-state index < -0.39 is 0 Å². The zero-order valence-corrected chi connectivity index (χ0v) is 11.7. The van der Waals surface area contributed by atoms with Crippen LogP contribution in [0.3, 0.4) is 0 Å². The number of anilines is 1. The molecule has 0 bridgehead atoms. The molecule has 2 rings (SSSR count). The average Bonchev–Trinajstić information content (AvgIpc) is 2.74. The van der Waals surface area contributed by atoms with Crippen LogP contribution in [0.15, 0.2) is 4.79 Å². The summed E-state index contributed by atoms with van der Waals surface area (Å²) in [5, 5.41) is 0. The fraction of sp³-hybridized carbons (Fsp3) is 0.636. The van der Waals surface area contributed by atoms with E-state index in [1.165, 1.54) is 25.7 Å². The molecule has 0 unspecified atom stereocenters. The van der Waals surface area contributed by atoms with Crippen LogP contribution in [0.25, 0.3) is 0 Å². The predicted molar refractivity (Wildman–Crippen MR) is 73.1 cm³/mol. The molecule has 0 spiro atoms. The lowest BCUT2D eigenvalue weighted by Crippen LogP contribution is -2.23. The van der Waals surface area contributed by atoms with Crippen molar-refractivity contribution in [2.75, 3.05) is 19.0 Å². The second-order valence-corrected chi connectivity index (χ2v) is 5.54. The minimum absolute atomic E-state index is 0.0128. The van der Waals surface area contributed by atoms with E-state index in [4.69, 9.17) is 0 Å². The summed E-state index contributed by atoms with van der Waals surface area (Å²) in [4.78, 5) is 21.0. The molecule has 1 aromatic rings. The van der Waals surface area contributed by atoms with E-state index in [0.717, 1.165) is 9.26 Å². The van der Waals surface area contributed by atoms with Gasteiger partial charge in [-0.05, 0) is 35.4 Å². The van der Waals surface area contributed by atoms with E-state index in [-0.39, 0.29) is 5.56 Å². The monoisotopic (exact) mass is 333 g/mol. The van der Waals surface area contributed by atoms with Crippen molar-refractivity contribution >= 4 is 28.5 Å². The van der Waals surface area contributed by atoms with Crippen molar-refractivity contribution in [2.24, 2.45) is 0 Å². The van der Waals surface area contributed by atoms with E-state index in [1.54, 1.807) is 0 Å². The van der Waals surface area contributed by atoms with E-state index in [0.29, 0.717) is 11.9 Å². The van der Waals surface area contributed by atoms with Crippen LogP contribution < -0.4 is 10.5 Å². The highest BCUT2D eigenvalue weighted by atomic mass is 127. The van der Waals surface area contributed by atoms with Crippen LogP contribution in [0.4, 0.5) is 5.95 Å². The van der Waals surface area contributed by atoms with Gasteiger partial charge in [0.15, 0.2) is 0 Å². The summed E-state index contributed by atoms with van der Waals surface area (Å²) >= 11 is 2.11. The maximum Gasteiger partial charge on any atom is 0.266 e. The van der Waals surface area contributed by atoms with Crippen molar-refractivity contribution in [1.82, 2.24) is 9.97 Å². The number of halogens is 1. The number of aromatic amines is 1. The van der Waals surface area contributed by atoms with Gasteiger partial charge >= 0.3 is 0 Å². The topological polar surface area (TPSA) is 49.0 Å². The van der Waals surface area contributed by atoms with Crippen LogP contribution in [0.2, 0.25) is 0 Å². The first kappa shape index (κ1) is 11.9. The quantitative estimate of drug-likeness (QED) is 0.844. The number of hydrogen-bond donors (Lipinski definition) is 1. The Hall–Kier alpha value is -0.590. The molecular formula is C11H16IN3O. The number of rotatable bonds is 2. The van der Waals surface area contributed by atoms with Gasteiger partial charge in [-0.2, -0.15) is 0 Å². The Morgan fingerprint density at radius 2 is 2.00 bits per heavy atom. The van der Waals surface area contributed by atoms with Crippen molar-refractivity contribution in [3.63, 3.8) is 0 Å². The van der Waals surface area contributed by atoms with Gasteiger partial charge in [-0.15, -0.1) is 0 Å². The summed E-state index contributed by atoms with van der Waals surface area (Å²) in [5.41, 5.74) is 0.978. The smallest absolute Gasteiger partial charge is 0.266 e. The first-order valence-corrected chi connectivity index (χ1v) is 6.64. The molecule has 1 N–H and O–H groups in total. The molecule has 0 amide bonds. The summed E-state index contributed by atoms with van der Waals surface area (Å²) < 4.78 is 0.759. The van der Waals surface area contributed by atoms with Crippen LogP contribution in [-0.2, 0) is 0 Å². The van der Waals surface area contributed by atoms with Gasteiger partial charge in [-0.25, -0.2) is 4.98 Å². The van der Waals surface area contributed by atoms with Crippen molar-refractivity contribution in [2.45, 2.75) is 31.6 Å². The average molecular weight is 333 g/mol. The summed E-state index contributed by atoms with van der Waals surface area (Å²) in [5.74, 6) is 1.14. The van der Waals surface area contributed by atoms with Gasteiger partial charge in [-0.1, -0.05) is 12.8 Å². The Morgan fingerprint density at radius 1 is 1.38 bits per heavy atom. The standard InChI is InChI=1S/C11H16IN3O/c1-15(2)11-13-9(7-5-3-4-6-7)8(12)10(16)14-11/h7H,3-6H2,1-2H3,(H,13,14,16). The molecule has 1 aromatic heterocycles. The van der Waals surface area contributed by atoms with E-state index in [2.05, 4.69) is 32.6 Å². The predicted octanol–water partition coefficient (Wildman–Crippen LogP) is 2.10. The number of nitrogens with zero attached hydrogens (tertiary/aromatic N) is 2. The van der Waals surface area contributed by atoms with Gasteiger partial charge in [0.25, 0.3) is 5.56 Å². The largest absolute Gasteiger partial charge is 0.348 e. The first-order chi connectivity index (χ1) is 7.59. The van der Waals surface area contributed by atoms with Crippen molar-refractivity contribution in [1.29, 1.82) is 0 Å². The summed E-state index contributed by atoms with van der Waals surface area (Å²) in [6.07, 6.45) is 4.84. The number of hydrogen-bond acceptors (Lipinski definition) is 3. The Labute approximate surface area is 109 Å². The summed E-state index contributed by atoms with van der Waals surface area (Å²) in [6.45, 7) is 0. The molecule has 88 valence electrons. The van der Waals surface area contributed by atoms with E-state index >= 15 is 0 Å². The van der Waals surface area contributed by atoms with Crippen molar-refractivity contribution in [3.8, 4) is 0 Å². The first-order valence-electron chi connectivity index (χ1n) is 5.56. The lowest BCUT2D eigenvalue weighted by Gasteiger charge is -2.15. The fourth-order valence-electron chi connectivity index (χ4n) is 2.15. The molecule has 1 fully saturated rings. The third-order valence-electron chi connectivity index (χ3n) is 3.04. The highest BCUT2D eigenvalue weighted by Crippen LogP contribution is 2.34.